The molecule has 11 heavy (non-hydrogen) atoms. The monoisotopic (exact) mass is 155 g/mol. The van der Waals surface area contributed by atoms with Crippen LogP contribution >= 0.6 is 0 Å². The van der Waals surface area contributed by atoms with Gasteiger partial charge in [0.1, 0.15) is 6.07 Å². The minimum absolute atomic E-state index is 0.230. The fraction of sp³-hybridized carbons (Fsp3) is 0.429. The van der Waals surface area contributed by atoms with E-state index in [0.717, 1.165) is 0 Å². The van der Waals surface area contributed by atoms with E-state index in [2.05, 4.69) is 16.1 Å². The van der Waals surface area contributed by atoms with Crippen LogP contribution in [-0.2, 0) is 9.47 Å². The highest BCUT2D eigenvalue weighted by molar-refractivity contribution is 5.60. The molecule has 0 rings (SSSR count). The molecule has 0 radical (unpaired) electrons. The molecule has 1 atom stereocenters. The van der Waals surface area contributed by atoms with E-state index in [0.29, 0.717) is 0 Å². The Bertz CT molecular complexity index is 183. The van der Waals surface area contributed by atoms with Gasteiger partial charge in [0, 0.05) is 0 Å². The van der Waals surface area contributed by atoms with Gasteiger partial charge in [-0.3, -0.25) is 0 Å². The Kier molecular flexibility index (Phi) is 4.58. The first-order chi connectivity index (χ1) is 5.24. The molecule has 0 spiro atoms. The Balaban J connectivity index is 3.74. The summed E-state index contributed by atoms with van der Waals surface area (Å²) in [5.41, 5.74) is 0. The van der Waals surface area contributed by atoms with Crippen LogP contribution < -0.4 is 0 Å². The van der Waals surface area contributed by atoms with Gasteiger partial charge >= 0.3 is 6.16 Å². The molecule has 0 aromatic heterocycles. The zero-order valence-electron chi connectivity index (χ0n) is 6.24. The molecule has 0 aliphatic carbocycles. The molecule has 0 aromatic carbocycles. The molecule has 0 aliphatic heterocycles. The highest BCUT2D eigenvalue weighted by Crippen LogP contribution is 1.94. The van der Waals surface area contributed by atoms with Crippen LogP contribution in [0.4, 0.5) is 4.79 Å². The van der Waals surface area contributed by atoms with Crippen molar-refractivity contribution in [3.05, 3.63) is 12.7 Å². The lowest BCUT2D eigenvalue weighted by molar-refractivity contribution is 0.0536. The molecule has 0 amide bonds. The summed E-state index contributed by atoms with van der Waals surface area (Å²) >= 11 is 0. The summed E-state index contributed by atoms with van der Waals surface area (Å²) in [6.45, 7) is 5.17. The van der Waals surface area contributed by atoms with E-state index in [1.165, 1.54) is 6.08 Å². The molecule has 1 unspecified atom stereocenters. The van der Waals surface area contributed by atoms with Crippen LogP contribution in [0, 0.1) is 11.3 Å². The Labute approximate surface area is 65.0 Å². The predicted molar refractivity (Wildman–Crippen MR) is 37.7 cm³/mol. The molecule has 0 saturated heterocycles. The summed E-state index contributed by atoms with van der Waals surface area (Å²) < 4.78 is 8.86. The van der Waals surface area contributed by atoms with Crippen LogP contribution in [0.25, 0.3) is 0 Å². The average Bonchev–Trinajstić information content (AvgIpc) is 2.01. The normalized spacial score (nSPS) is 10.9. The minimum atomic E-state index is -0.922. The molecule has 0 N–H and O–H groups in total. The summed E-state index contributed by atoms with van der Waals surface area (Å²) in [6, 6.07) is 1.70. The van der Waals surface area contributed by atoms with Gasteiger partial charge in [-0.25, -0.2) is 4.79 Å². The second-order valence-corrected chi connectivity index (χ2v) is 1.59. The van der Waals surface area contributed by atoms with Gasteiger partial charge in [-0.2, -0.15) is 5.26 Å². The number of ether oxygens (including phenoxy) is 2. The van der Waals surface area contributed by atoms with Crippen molar-refractivity contribution in [2.24, 2.45) is 0 Å². The van der Waals surface area contributed by atoms with Crippen LogP contribution in [0.3, 0.4) is 0 Å². The van der Waals surface area contributed by atoms with Crippen LogP contribution in [0.2, 0.25) is 0 Å². The lowest BCUT2D eigenvalue weighted by Gasteiger charge is -2.04. The third kappa shape index (κ3) is 3.98. The highest BCUT2D eigenvalue weighted by atomic mass is 16.7. The number of hydrogen-bond donors (Lipinski definition) is 0. The number of rotatable bonds is 3. The molecule has 4 heteroatoms. The first kappa shape index (κ1) is 9.50. The zero-order chi connectivity index (χ0) is 8.69. The van der Waals surface area contributed by atoms with Crippen LogP contribution in [-0.4, -0.2) is 18.9 Å². The number of nitriles is 1. The number of nitrogens with zero attached hydrogens (tertiary/aromatic N) is 1. The first-order valence-corrected chi connectivity index (χ1v) is 3.10. The maximum absolute atomic E-state index is 10.5. The van der Waals surface area contributed by atoms with E-state index in [4.69, 9.17) is 5.26 Å². The Hall–Kier alpha value is -1.50. The largest absolute Gasteiger partial charge is 0.509 e. The van der Waals surface area contributed by atoms with Gasteiger partial charge in [0.25, 0.3) is 0 Å². The summed E-state index contributed by atoms with van der Waals surface area (Å²) in [6.07, 6.45) is -0.551. The van der Waals surface area contributed by atoms with Crippen molar-refractivity contribution in [1.29, 1.82) is 5.26 Å². The van der Waals surface area contributed by atoms with Crippen molar-refractivity contribution >= 4 is 6.16 Å². The predicted octanol–water partition coefficient (Wildman–Crippen LogP) is 1.24. The van der Waals surface area contributed by atoms with Gasteiger partial charge in [0.15, 0.2) is 0 Å². The minimum Gasteiger partial charge on any atom is -0.435 e. The van der Waals surface area contributed by atoms with Crippen molar-refractivity contribution in [3.63, 3.8) is 0 Å². The number of carbonyl (C=O) groups excluding carboxylic acids is 1. The second-order valence-electron chi connectivity index (χ2n) is 1.59. The molecule has 4 nitrogen and oxygen atoms in total. The van der Waals surface area contributed by atoms with E-state index in [-0.39, 0.29) is 6.61 Å². The number of carbonyl (C=O) groups is 1. The summed E-state index contributed by atoms with van der Waals surface area (Å²) in [5.74, 6) is 0. The molecule has 60 valence electrons. The van der Waals surface area contributed by atoms with Gasteiger partial charge in [-0.15, -0.1) is 0 Å². The van der Waals surface area contributed by atoms with Gasteiger partial charge in [0.05, 0.1) is 6.61 Å². The third-order valence-corrected chi connectivity index (χ3v) is 0.827. The van der Waals surface area contributed by atoms with E-state index in [9.17, 15) is 4.79 Å². The van der Waals surface area contributed by atoms with Crippen molar-refractivity contribution in [2.45, 2.75) is 13.0 Å². The van der Waals surface area contributed by atoms with Crippen LogP contribution in [0.1, 0.15) is 6.92 Å². The van der Waals surface area contributed by atoms with E-state index in [1.807, 2.05) is 0 Å². The fourth-order valence-electron chi connectivity index (χ4n) is 0.383. The Morgan fingerprint density at radius 2 is 2.55 bits per heavy atom. The third-order valence-electron chi connectivity index (χ3n) is 0.827. The Morgan fingerprint density at radius 3 is 2.91 bits per heavy atom. The molecule has 0 aromatic rings. The molecule has 0 heterocycles. The topological polar surface area (TPSA) is 59.3 Å². The van der Waals surface area contributed by atoms with E-state index < -0.39 is 12.3 Å². The zero-order valence-corrected chi connectivity index (χ0v) is 6.24. The van der Waals surface area contributed by atoms with Gasteiger partial charge in [-0.05, 0) is 13.0 Å². The van der Waals surface area contributed by atoms with E-state index in [1.54, 1.807) is 13.0 Å². The van der Waals surface area contributed by atoms with Gasteiger partial charge < -0.3 is 9.47 Å². The fourth-order valence-corrected chi connectivity index (χ4v) is 0.383. The maximum atomic E-state index is 10.5. The maximum Gasteiger partial charge on any atom is 0.509 e. The van der Waals surface area contributed by atoms with Crippen LogP contribution in [0.5, 0.6) is 0 Å². The summed E-state index contributed by atoms with van der Waals surface area (Å²) in [7, 11) is 0. The molecule has 0 fully saturated rings. The molecule has 0 aliphatic rings. The molecular formula is C7H9NO3. The molecular weight excluding hydrogens is 146 g/mol. The van der Waals surface area contributed by atoms with Crippen molar-refractivity contribution in [2.75, 3.05) is 6.61 Å². The smallest absolute Gasteiger partial charge is 0.435 e. The lowest BCUT2D eigenvalue weighted by Crippen LogP contribution is -2.14. The van der Waals surface area contributed by atoms with Crippen LogP contribution in [0.15, 0.2) is 12.7 Å². The average molecular weight is 155 g/mol. The van der Waals surface area contributed by atoms with Gasteiger partial charge in [0.2, 0.25) is 6.10 Å². The first-order valence-electron chi connectivity index (χ1n) is 3.10. The van der Waals surface area contributed by atoms with Crippen molar-refractivity contribution in [1.82, 2.24) is 0 Å². The highest BCUT2D eigenvalue weighted by Gasteiger charge is 2.09. The Morgan fingerprint density at radius 1 is 1.91 bits per heavy atom. The lowest BCUT2D eigenvalue weighted by atomic mass is 10.4. The second kappa shape index (κ2) is 5.30. The quantitative estimate of drug-likeness (QED) is 0.454. The SMILES string of the molecule is C=CC(C#N)OC(=O)OCC. The van der Waals surface area contributed by atoms with Gasteiger partial charge in [-0.1, -0.05) is 6.58 Å². The molecule has 0 bridgehead atoms. The summed E-state index contributed by atoms with van der Waals surface area (Å²) in [4.78, 5) is 10.5. The summed E-state index contributed by atoms with van der Waals surface area (Å²) in [5, 5.41) is 8.29. The van der Waals surface area contributed by atoms with Crippen molar-refractivity contribution in [3.8, 4) is 6.07 Å². The standard InChI is InChI=1S/C7H9NO3/c1-3-6(5-8)11-7(9)10-4-2/h3,6H,1,4H2,2H3. The van der Waals surface area contributed by atoms with E-state index >= 15 is 0 Å². The number of hydrogen-bond acceptors (Lipinski definition) is 4. The van der Waals surface area contributed by atoms with Crippen molar-refractivity contribution < 1.29 is 14.3 Å². The molecule has 0 saturated carbocycles.